The highest BCUT2D eigenvalue weighted by molar-refractivity contribution is 6.05. The highest BCUT2D eigenvalue weighted by atomic mass is 16.2. The standard InChI is InChI=1S/C18H19N3O2/c1-12(22)19-15-5-3-4-14(10-15)18(23)20-16-7-6-13-8-9-21(2)17(13)11-16/h3-7,10-11H,8-9H2,1-2H3,(H,19,22)(H,20,23). The maximum Gasteiger partial charge on any atom is 0.255 e. The lowest BCUT2D eigenvalue weighted by atomic mass is 10.1. The molecule has 1 heterocycles. The van der Waals surface area contributed by atoms with Crippen LogP contribution >= 0.6 is 0 Å². The highest BCUT2D eigenvalue weighted by Crippen LogP contribution is 2.29. The van der Waals surface area contributed by atoms with Crippen molar-refractivity contribution in [1.82, 2.24) is 0 Å². The Bertz CT molecular complexity index is 771. The molecular formula is C18H19N3O2. The van der Waals surface area contributed by atoms with Gasteiger partial charge in [-0.2, -0.15) is 0 Å². The van der Waals surface area contributed by atoms with Crippen molar-refractivity contribution in [3.05, 3.63) is 53.6 Å². The number of nitrogens with zero attached hydrogens (tertiary/aromatic N) is 1. The van der Waals surface area contributed by atoms with Gasteiger partial charge in [-0.3, -0.25) is 9.59 Å². The van der Waals surface area contributed by atoms with Gasteiger partial charge in [0, 0.05) is 43.1 Å². The third kappa shape index (κ3) is 3.34. The fourth-order valence-corrected chi connectivity index (χ4v) is 2.76. The summed E-state index contributed by atoms with van der Waals surface area (Å²) in [6.45, 7) is 2.44. The molecule has 1 aliphatic heterocycles. The number of benzene rings is 2. The number of hydrogen-bond donors (Lipinski definition) is 2. The first kappa shape index (κ1) is 15.1. The Morgan fingerprint density at radius 1 is 1.04 bits per heavy atom. The lowest BCUT2D eigenvalue weighted by molar-refractivity contribution is -0.114. The van der Waals surface area contributed by atoms with Gasteiger partial charge >= 0.3 is 0 Å². The van der Waals surface area contributed by atoms with Crippen molar-refractivity contribution in [3.63, 3.8) is 0 Å². The predicted octanol–water partition coefficient (Wildman–Crippen LogP) is 2.89. The van der Waals surface area contributed by atoms with E-state index < -0.39 is 0 Å². The van der Waals surface area contributed by atoms with Crippen molar-refractivity contribution in [2.45, 2.75) is 13.3 Å². The van der Waals surface area contributed by atoms with Crippen LogP contribution in [0.4, 0.5) is 17.1 Å². The number of nitrogens with one attached hydrogen (secondary N) is 2. The molecule has 1 aliphatic rings. The highest BCUT2D eigenvalue weighted by Gasteiger charge is 2.16. The zero-order valence-corrected chi connectivity index (χ0v) is 13.2. The average Bonchev–Trinajstić information content (AvgIpc) is 2.88. The summed E-state index contributed by atoms with van der Waals surface area (Å²) in [4.78, 5) is 25.7. The topological polar surface area (TPSA) is 61.4 Å². The second-order valence-electron chi connectivity index (χ2n) is 5.73. The van der Waals surface area contributed by atoms with Crippen LogP contribution in [0.15, 0.2) is 42.5 Å². The minimum absolute atomic E-state index is 0.163. The van der Waals surface area contributed by atoms with Gasteiger partial charge in [-0.25, -0.2) is 0 Å². The molecule has 3 rings (SSSR count). The van der Waals surface area contributed by atoms with Gasteiger partial charge in [0.25, 0.3) is 5.91 Å². The second-order valence-corrected chi connectivity index (χ2v) is 5.73. The molecule has 118 valence electrons. The Morgan fingerprint density at radius 3 is 2.61 bits per heavy atom. The van der Waals surface area contributed by atoms with E-state index in [9.17, 15) is 9.59 Å². The molecule has 0 aliphatic carbocycles. The van der Waals surface area contributed by atoms with E-state index in [1.165, 1.54) is 12.5 Å². The predicted molar refractivity (Wildman–Crippen MR) is 92.1 cm³/mol. The van der Waals surface area contributed by atoms with Crippen LogP contribution in [0.25, 0.3) is 0 Å². The molecule has 0 fully saturated rings. The molecule has 23 heavy (non-hydrogen) atoms. The molecule has 2 aromatic rings. The summed E-state index contributed by atoms with van der Waals surface area (Å²) in [5.41, 5.74) is 4.35. The van der Waals surface area contributed by atoms with Gasteiger partial charge in [-0.15, -0.1) is 0 Å². The Morgan fingerprint density at radius 2 is 1.83 bits per heavy atom. The van der Waals surface area contributed by atoms with Crippen molar-refractivity contribution in [3.8, 4) is 0 Å². The maximum absolute atomic E-state index is 12.4. The fourth-order valence-electron chi connectivity index (χ4n) is 2.76. The van der Waals surface area contributed by atoms with Gasteiger partial charge in [0.2, 0.25) is 5.91 Å². The van der Waals surface area contributed by atoms with Crippen LogP contribution < -0.4 is 15.5 Å². The molecule has 2 aromatic carbocycles. The van der Waals surface area contributed by atoms with Crippen molar-refractivity contribution >= 4 is 28.9 Å². The van der Waals surface area contributed by atoms with Crippen LogP contribution in [-0.4, -0.2) is 25.4 Å². The van der Waals surface area contributed by atoms with E-state index in [4.69, 9.17) is 0 Å². The number of hydrogen-bond acceptors (Lipinski definition) is 3. The molecule has 0 saturated heterocycles. The van der Waals surface area contributed by atoms with Crippen LogP contribution in [0.2, 0.25) is 0 Å². The van der Waals surface area contributed by atoms with E-state index in [1.807, 2.05) is 19.2 Å². The smallest absolute Gasteiger partial charge is 0.255 e. The van der Waals surface area contributed by atoms with Gasteiger partial charge in [-0.05, 0) is 42.3 Å². The zero-order valence-electron chi connectivity index (χ0n) is 13.2. The summed E-state index contributed by atoms with van der Waals surface area (Å²) in [5, 5.41) is 5.59. The minimum Gasteiger partial charge on any atom is -0.374 e. The van der Waals surface area contributed by atoms with Crippen LogP contribution in [0.5, 0.6) is 0 Å². The number of fused-ring (bicyclic) bond motifs is 1. The number of amides is 2. The van der Waals surface area contributed by atoms with Crippen molar-refractivity contribution in [2.24, 2.45) is 0 Å². The van der Waals surface area contributed by atoms with Gasteiger partial charge < -0.3 is 15.5 Å². The third-order valence-corrected chi connectivity index (χ3v) is 3.92. The van der Waals surface area contributed by atoms with E-state index in [1.54, 1.807) is 24.3 Å². The van der Waals surface area contributed by atoms with Crippen molar-refractivity contribution < 1.29 is 9.59 Å². The quantitative estimate of drug-likeness (QED) is 0.916. The minimum atomic E-state index is -0.196. The molecule has 0 radical (unpaired) electrons. The van der Waals surface area contributed by atoms with Gasteiger partial charge in [0.05, 0.1) is 0 Å². The van der Waals surface area contributed by atoms with E-state index >= 15 is 0 Å². The Balaban J connectivity index is 1.77. The monoisotopic (exact) mass is 309 g/mol. The van der Waals surface area contributed by atoms with Gasteiger partial charge in [0.1, 0.15) is 0 Å². The SMILES string of the molecule is CC(=O)Nc1cccc(C(=O)Nc2ccc3c(c2)N(C)CC3)c1. The molecule has 0 unspecified atom stereocenters. The summed E-state index contributed by atoms with van der Waals surface area (Å²) >= 11 is 0. The number of carbonyl (C=O) groups excluding carboxylic acids is 2. The lowest BCUT2D eigenvalue weighted by Crippen LogP contribution is -2.14. The largest absolute Gasteiger partial charge is 0.374 e. The maximum atomic E-state index is 12.4. The Hall–Kier alpha value is -2.82. The molecule has 2 N–H and O–H groups in total. The molecule has 5 nitrogen and oxygen atoms in total. The van der Waals surface area contributed by atoms with E-state index in [-0.39, 0.29) is 11.8 Å². The summed E-state index contributed by atoms with van der Waals surface area (Å²) in [7, 11) is 2.05. The first-order chi connectivity index (χ1) is 11.0. The lowest BCUT2D eigenvalue weighted by Gasteiger charge is -2.14. The summed E-state index contributed by atoms with van der Waals surface area (Å²) in [6.07, 6.45) is 1.04. The summed E-state index contributed by atoms with van der Waals surface area (Å²) in [6, 6.07) is 12.9. The fraction of sp³-hybridized carbons (Fsp3) is 0.222. The zero-order chi connectivity index (χ0) is 16.4. The molecule has 0 saturated carbocycles. The molecule has 0 aromatic heterocycles. The van der Waals surface area contributed by atoms with Crippen LogP contribution in [-0.2, 0) is 11.2 Å². The van der Waals surface area contributed by atoms with E-state index in [0.717, 1.165) is 24.3 Å². The van der Waals surface area contributed by atoms with Crippen LogP contribution in [0.1, 0.15) is 22.8 Å². The average molecular weight is 309 g/mol. The molecule has 0 bridgehead atoms. The van der Waals surface area contributed by atoms with Gasteiger partial charge in [0.15, 0.2) is 0 Å². The normalized spacial score (nSPS) is 12.7. The molecule has 0 atom stereocenters. The van der Waals surface area contributed by atoms with Crippen molar-refractivity contribution in [1.29, 1.82) is 0 Å². The van der Waals surface area contributed by atoms with Crippen molar-refractivity contribution in [2.75, 3.05) is 29.1 Å². The summed E-state index contributed by atoms with van der Waals surface area (Å²) < 4.78 is 0. The molecule has 2 amide bonds. The summed E-state index contributed by atoms with van der Waals surface area (Å²) in [5.74, 6) is -0.359. The van der Waals surface area contributed by atoms with E-state index in [0.29, 0.717) is 11.3 Å². The first-order valence-corrected chi connectivity index (χ1v) is 7.56. The Labute approximate surface area is 135 Å². The number of anilines is 3. The second kappa shape index (κ2) is 6.12. The molecule has 0 spiro atoms. The van der Waals surface area contributed by atoms with Crippen LogP contribution in [0.3, 0.4) is 0 Å². The number of rotatable bonds is 3. The number of likely N-dealkylation sites (N-methyl/N-ethyl adjacent to an activating group) is 1. The molecular weight excluding hydrogens is 290 g/mol. The Kier molecular flexibility index (Phi) is 4.02. The first-order valence-electron chi connectivity index (χ1n) is 7.56. The van der Waals surface area contributed by atoms with E-state index in [2.05, 4.69) is 21.6 Å². The number of carbonyl (C=O) groups is 2. The van der Waals surface area contributed by atoms with Gasteiger partial charge in [-0.1, -0.05) is 12.1 Å². The van der Waals surface area contributed by atoms with Crippen LogP contribution in [0, 0.1) is 0 Å². The molecule has 5 heteroatoms. The third-order valence-electron chi connectivity index (χ3n) is 3.92.